The maximum atomic E-state index is 10.7. The second kappa shape index (κ2) is 7.19. The van der Waals surface area contributed by atoms with E-state index in [-0.39, 0.29) is 18.6 Å². The van der Waals surface area contributed by atoms with Crippen molar-refractivity contribution in [2.45, 2.75) is 26.0 Å². The molecule has 0 aliphatic rings. The highest BCUT2D eigenvalue weighted by Crippen LogP contribution is 1.86. The lowest BCUT2D eigenvalue weighted by Crippen LogP contribution is -2.47. The third-order valence-corrected chi connectivity index (χ3v) is 1.86. The first-order valence-corrected chi connectivity index (χ1v) is 4.70. The molecule has 2 unspecified atom stereocenters. The molecule has 3 N–H and O–H groups in total. The van der Waals surface area contributed by atoms with Crippen LogP contribution in [-0.2, 0) is 14.3 Å². The van der Waals surface area contributed by atoms with Crippen LogP contribution in [0.4, 0.5) is 0 Å². The van der Waals surface area contributed by atoms with E-state index >= 15 is 0 Å². The Morgan fingerprint density at radius 2 is 2.00 bits per heavy atom. The predicted octanol–water partition coefficient (Wildman–Crippen LogP) is -0.800. The molecule has 0 rings (SSSR count). The van der Waals surface area contributed by atoms with Crippen molar-refractivity contribution < 1.29 is 19.4 Å². The summed E-state index contributed by atoms with van der Waals surface area (Å²) in [5, 5.41) is 14.0. The van der Waals surface area contributed by atoms with E-state index in [4.69, 9.17) is 9.84 Å². The van der Waals surface area contributed by atoms with Gasteiger partial charge in [-0.05, 0) is 6.92 Å². The molecule has 0 aromatic carbocycles. The molecule has 0 aromatic heterocycles. The van der Waals surface area contributed by atoms with Gasteiger partial charge in [0.25, 0.3) is 0 Å². The number of nitrogens with one attached hydrogen (secondary N) is 2. The lowest BCUT2D eigenvalue weighted by molar-refractivity contribution is -0.141. The van der Waals surface area contributed by atoms with Gasteiger partial charge in [-0.15, -0.1) is 0 Å². The van der Waals surface area contributed by atoms with E-state index in [1.807, 2.05) is 6.92 Å². The fraction of sp³-hybridized carbons (Fsp3) is 0.778. The molecular weight excluding hydrogens is 200 g/mol. The molecule has 0 bridgehead atoms. The number of hydrogen-bond donors (Lipinski definition) is 3. The summed E-state index contributed by atoms with van der Waals surface area (Å²) in [6.45, 7) is 3.87. The maximum Gasteiger partial charge on any atom is 0.327 e. The molecule has 1 amide bonds. The third kappa shape index (κ3) is 6.87. The Hall–Kier alpha value is -1.14. The van der Waals surface area contributed by atoms with E-state index < -0.39 is 12.0 Å². The smallest absolute Gasteiger partial charge is 0.327 e. The van der Waals surface area contributed by atoms with Crippen LogP contribution in [0.2, 0.25) is 0 Å². The second-order valence-electron chi connectivity index (χ2n) is 3.30. The van der Waals surface area contributed by atoms with Gasteiger partial charge in [0.1, 0.15) is 6.04 Å². The van der Waals surface area contributed by atoms with Crippen LogP contribution >= 0.6 is 0 Å². The van der Waals surface area contributed by atoms with Crippen molar-refractivity contribution in [3.05, 3.63) is 0 Å². The van der Waals surface area contributed by atoms with Crippen LogP contribution in [0.25, 0.3) is 0 Å². The number of hydrogen-bond acceptors (Lipinski definition) is 4. The number of amides is 1. The molecule has 0 aromatic rings. The van der Waals surface area contributed by atoms with Gasteiger partial charge in [-0.3, -0.25) is 4.79 Å². The van der Waals surface area contributed by atoms with Crippen LogP contribution in [0, 0.1) is 0 Å². The molecule has 6 heteroatoms. The Bertz CT molecular complexity index is 220. The zero-order valence-electron chi connectivity index (χ0n) is 9.24. The van der Waals surface area contributed by atoms with Gasteiger partial charge in [-0.1, -0.05) is 0 Å². The number of carboxylic acid groups (broad SMARTS) is 1. The van der Waals surface area contributed by atoms with Crippen molar-refractivity contribution in [2.75, 3.05) is 20.2 Å². The Morgan fingerprint density at radius 1 is 1.40 bits per heavy atom. The van der Waals surface area contributed by atoms with Gasteiger partial charge in [-0.25, -0.2) is 4.79 Å². The highest BCUT2D eigenvalue weighted by Gasteiger charge is 2.17. The van der Waals surface area contributed by atoms with E-state index in [1.165, 1.54) is 6.92 Å². The Labute approximate surface area is 89.0 Å². The van der Waals surface area contributed by atoms with Gasteiger partial charge >= 0.3 is 5.97 Å². The highest BCUT2D eigenvalue weighted by atomic mass is 16.5. The molecular formula is C9H18N2O4. The van der Waals surface area contributed by atoms with Crippen molar-refractivity contribution in [3.63, 3.8) is 0 Å². The molecule has 2 atom stereocenters. The number of carbonyl (C=O) groups is 2. The molecule has 0 fully saturated rings. The van der Waals surface area contributed by atoms with Crippen LogP contribution in [0.15, 0.2) is 0 Å². The first-order valence-electron chi connectivity index (χ1n) is 4.70. The number of ether oxygens (including phenoxy) is 1. The maximum absolute atomic E-state index is 10.7. The fourth-order valence-corrected chi connectivity index (χ4v) is 0.960. The predicted molar refractivity (Wildman–Crippen MR) is 54.6 cm³/mol. The minimum atomic E-state index is -1.05. The number of aliphatic carboxylic acids is 1. The zero-order chi connectivity index (χ0) is 11.8. The molecule has 0 spiro atoms. The zero-order valence-corrected chi connectivity index (χ0v) is 9.24. The average molecular weight is 218 g/mol. The molecule has 0 radical (unpaired) electrons. The monoisotopic (exact) mass is 218 g/mol. The molecule has 6 nitrogen and oxygen atoms in total. The van der Waals surface area contributed by atoms with E-state index in [9.17, 15) is 9.59 Å². The lowest BCUT2D eigenvalue weighted by Gasteiger charge is -2.16. The van der Waals surface area contributed by atoms with Gasteiger partial charge < -0.3 is 20.5 Å². The normalized spacial score (nSPS) is 14.3. The third-order valence-electron chi connectivity index (χ3n) is 1.86. The first-order chi connectivity index (χ1) is 6.97. The van der Waals surface area contributed by atoms with Crippen LogP contribution in [0.1, 0.15) is 13.8 Å². The van der Waals surface area contributed by atoms with Crippen molar-refractivity contribution in [1.29, 1.82) is 0 Å². The number of rotatable bonds is 7. The van der Waals surface area contributed by atoms with Crippen LogP contribution < -0.4 is 10.6 Å². The quantitative estimate of drug-likeness (QED) is 0.520. The largest absolute Gasteiger partial charge is 0.480 e. The Balaban J connectivity index is 3.86. The van der Waals surface area contributed by atoms with Crippen molar-refractivity contribution >= 4 is 11.9 Å². The summed E-state index contributed by atoms with van der Waals surface area (Å²) >= 11 is 0. The average Bonchev–Trinajstić information content (AvgIpc) is 2.15. The summed E-state index contributed by atoms with van der Waals surface area (Å²) in [6, 6.07) is -0.897. The lowest BCUT2D eigenvalue weighted by atomic mass is 10.3. The first kappa shape index (κ1) is 13.9. The van der Waals surface area contributed by atoms with Crippen molar-refractivity contribution in [3.8, 4) is 0 Å². The van der Waals surface area contributed by atoms with Crippen LogP contribution in [-0.4, -0.2) is 49.3 Å². The van der Waals surface area contributed by atoms with Gasteiger partial charge in [0.2, 0.25) is 5.91 Å². The minimum Gasteiger partial charge on any atom is -0.480 e. The van der Waals surface area contributed by atoms with Gasteiger partial charge in [0, 0.05) is 27.1 Å². The summed E-state index contributed by atoms with van der Waals surface area (Å²) < 4.78 is 4.98. The van der Waals surface area contributed by atoms with Crippen molar-refractivity contribution in [1.82, 2.24) is 10.6 Å². The van der Waals surface area contributed by atoms with Crippen LogP contribution in [0.3, 0.4) is 0 Å². The summed E-state index contributed by atoms with van der Waals surface area (Å²) in [6.07, 6.45) is 0.0109. The fourth-order valence-electron chi connectivity index (χ4n) is 0.960. The van der Waals surface area contributed by atoms with E-state index in [0.717, 1.165) is 0 Å². The molecule has 0 heterocycles. The number of carboxylic acids is 1. The summed E-state index contributed by atoms with van der Waals surface area (Å²) in [5.41, 5.74) is 0. The van der Waals surface area contributed by atoms with E-state index in [2.05, 4.69) is 10.6 Å². The molecule has 0 saturated heterocycles. The van der Waals surface area contributed by atoms with Gasteiger partial charge in [-0.2, -0.15) is 0 Å². The molecule has 15 heavy (non-hydrogen) atoms. The van der Waals surface area contributed by atoms with E-state index in [0.29, 0.717) is 6.54 Å². The minimum absolute atomic E-state index is 0.0109. The highest BCUT2D eigenvalue weighted by molar-refractivity contribution is 5.82. The Morgan fingerprint density at radius 3 is 2.40 bits per heavy atom. The van der Waals surface area contributed by atoms with Gasteiger partial charge in [0.05, 0.1) is 6.10 Å². The summed E-state index contributed by atoms with van der Waals surface area (Å²) in [4.78, 5) is 21.4. The summed E-state index contributed by atoms with van der Waals surface area (Å²) in [5.74, 6) is -1.41. The van der Waals surface area contributed by atoms with Crippen LogP contribution in [0.5, 0.6) is 0 Å². The molecule has 88 valence electrons. The molecule has 0 aliphatic heterocycles. The standard InChI is InChI=1S/C9H18N2O4/c1-6(15-3)4-10-5-8(9(13)14)11-7(2)12/h6,8,10H,4-5H2,1-3H3,(H,11,12)(H,13,14). The SMILES string of the molecule is COC(C)CNCC(NC(C)=O)C(=O)O. The number of methoxy groups -OCH3 is 1. The Kier molecular flexibility index (Phi) is 6.64. The number of carbonyl (C=O) groups excluding carboxylic acids is 1. The molecule has 0 aliphatic carbocycles. The summed E-state index contributed by atoms with van der Waals surface area (Å²) in [7, 11) is 1.58. The van der Waals surface area contributed by atoms with Crippen molar-refractivity contribution in [2.24, 2.45) is 0 Å². The molecule has 0 saturated carbocycles. The van der Waals surface area contributed by atoms with Gasteiger partial charge in [0.15, 0.2) is 0 Å². The van der Waals surface area contributed by atoms with E-state index in [1.54, 1.807) is 7.11 Å². The second-order valence-corrected chi connectivity index (χ2v) is 3.30. The topological polar surface area (TPSA) is 87.7 Å².